The van der Waals surface area contributed by atoms with E-state index in [4.69, 9.17) is 5.26 Å². The van der Waals surface area contributed by atoms with E-state index in [9.17, 15) is 8.42 Å². The monoisotopic (exact) mass is 294 g/mol. The maximum absolute atomic E-state index is 11.6. The third-order valence-electron chi connectivity index (χ3n) is 3.70. The average molecular weight is 294 g/mol. The minimum absolute atomic E-state index is 0.0644. The fourth-order valence-corrected chi connectivity index (χ4v) is 3.19. The summed E-state index contributed by atoms with van der Waals surface area (Å²) in [5, 5.41) is 9.14. The number of hydrogen-bond donors (Lipinski definition) is 0. The molecule has 2 heterocycles. The Bertz CT molecular complexity index is 624. The summed E-state index contributed by atoms with van der Waals surface area (Å²) in [6, 6.07) is 3.77. The van der Waals surface area contributed by atoms with Crippen molar-refractivity contribution in [3.05, 3.63) is 24.0 Å². The largest absolute Gasteiger partial charge is 0.368 e. The SMILES string of the molecule is CN(C1CCCN(c2cnccc2C#N)C1)S(C)(=O)=O. The summed E-state index contributed by atoms with van der Waals surface area (Å²) in [5.74, 6) is 0. The molecule has 0 bridgehead atoms. The molecule has 0 amide bonds. The highest BCUT2D eigenvalue weighted by Crippen LogP contribution is 2.25. The van der Waals surface area contributed by atoms with Crippen molar-refractivity contribution in [3.8, 4) is 6.07 Å². The van der Waals surface area contributed by atoms with Gasteiger partial charge in [0.1, 0.15) is 6.07 Å². The van der Waals surface area contributed by atoms with Gasteiger partial charge in [0.15, 0.2) is 0 Å². The number of anilines is 1. The van der Waals surface area contributed by atoms with Crippen LogP contribution in [0.25, 0.3) is 0 Å². The average Bonchev–Trinajstić information content (AvgIpc) is 2.45. The van der Waals surface area contributed by atoms with Crippen molar-refractivity contribution in [2.75, 3.05) is 31.3 Å². The Morgan fingerprint density at radius 2 is 2.30 bits per heavy atom. The minimum atomic E-state index is -3.20. The topological polar surface area (TPSA) is 77.3 Å². The van der Waals surface area contributed by atoms with E-state index in [0.29, 0.717) is 12.1 Å². The number of sulfonamides is 1. The molecule has 0 N–H and O–H groups in total. The van der Waals surface area contributed by atoms with Crippen LogP contribution in [0, 0.1) is 11.3 Å². The van der Waals surface area contributed by atoms with Crippen LogP contribution in [-0.4, -0.2) is 50.1 Å². The maximum atomic E-state index is 11.6. The summed E-state index contributed by atoms with van der Waals surface area (Å²) in [6.07, 6.45) is 6.21. The fourth-order valence-electron chi connectivity index (χ4n) is 2.47. The van der Waals surface area contributed by atoms with Gasteiger partial charge in [-0.3, -0.25) is 4.98 Å². The van der Waals surface area contributed by atoms with Gasteiger partial charge in [-0.05, 0) is 18.9 Å². The first-order valence-electron chi connectivity index (χ1n) is 6.45. The Balaban J connectivity index is 2.21. The van der Waals surface area contributed by atoms with Crippen LogP contribution in [0.1, 0.15) is 18.4 Å². The van der Waals surface area contributed by atoms with Crippen molar-refractivity contribution in [2.24, 2.45) is 0 Å². The van der Waals surface area contributed by atoms with E-state index in [1.54, 1.807) is 25.5 Å². The lowest BCUT2D eigenvalue weighted by atomic mass is 10.0. The molecule has 7 heteroatoms. The van der Waals surface area contributed by atoms with Gasteiger partial charge in [-0.2, -0.15) is 5.26 Å². The van der Waals surface area contributed by atoms with Gasteiger partial charge in [0, 0.05) is 32.4 Å². The van der Waals surface area contributed by atoms with Crippen LogP contribution < -0.4 is 4.90 Å². The third-order valence-corrected chi connectivity index (χ3v) is 5.04. The van der Waals surface area contributed by atoms with Crippen LogP contribution in [0.4, 0.5) is 5.69 Å². The van der Waals surface area contributed by atoms with Gasteiger partial charge in [-0.25, -0.2) is 12.7 Å². The lowest BCUT2D eigenvalue weighted by Gasteiger charge is -2.37. The number of aromatic nitrogens is 1. The molecule has 20 heavy (non-hydrogen) atoms. The lowest BCUT2D eigenvalue weighted by molar-refractivity contribution is 0.322. The second kappa shape index (κ2) is 5.77. The second-order valence-electron chi connectivity index (χ2n) is 5.03. The summed E-state index contributed by atoms with van der Waals surface area (Å²) < 4.78 is 24.7. The molecule has 0 saturated carbocycles. The zero-order valence-electron chi connectivity index (χ0n) is 11.7. The molecule has 0 aromatic carbocycles. The highest BCUT2D eigenvalue weighted by atomic mass is 32.2. The van der Waals surface area contributed by atoms with E-state index in [-0.39, 0.29) is 6.04 Å². The Morgan fingerprint density at radius 3 is 2.95 bits per heavy atom. The van der Waals surface area contributed by atoms with Crippen LogP contribution in [-0.2, 0) is 10.0 Å². The number of hydrogen-bond acceptors (Lipinski definition) is 5. The number of nitriles is 1. The minimum Gasteiger partial charge on any atom is -0.368 e. The molecule has 1 saturated heterocycles. The van der Waals surface area contributed by atoms with E-state index in [2.05, 4.69) is 11.1 Å². The molecule has 1 aromatic rings. The van der Waals surface area contributed by atoms with Gasteiger partial charge >= 0.3 is 0 Å². The van der Waals surface area contributed by atoms with Gasteiger partial charge in [0.25, 0.3) is 0 Å². The number of likely N-dealkylation sites (N-methyl/N-ethyl adjacent to an activating group) is 1. The lowest BCUT2D eigenvalue weighted by Crippen LogP contribution is -2.48. The Morgan fingerprint density at radius 1 is 1.55 bits per heavy atom. The zero-order valence-corrected chi connectivity index (χ0v) is 12.5. The normalized spacial score (nSPS) is 19.9. The fraction of sp³-hybridized carbons (Fsp3) is 0.538. The Labute approximate surface area is 119 Å². The van der Waals surface area contributed by atoms with Gasteiger partial charge in [-0.15, -0.1) is 0 Å². The molecule has 0 spiro atoms. The van der Waals surface area contributed by atoms with E-state index in [0.717, 1.165) is 25.1 Å². The first-order valence-corrected chi connectivity index (χ1v) is 8.30. The number of rotatable bonds is 3. The van der Waals surface area contributed by atoms with Gasteiger partial charge in [0.2, 0.25) is 10.0 Å². The Kier molecular flexibility index (Phi) is 4.26. The van der Waals surface area contributed by atoms with Gasteiger partial charge in [-0.1, -0.05) is 0 Å². The highest BCUT2D eigenvalue weighted by molar-refractivity contribution is 7.88. The van der Waals surface area contributed by atoms with E-state index >= 15 is 0 Å². The zero-order chi connectivity index (χ0) is 14.8. The molecule has 0 aliphatic carbocycles. The number of piperidine rings is 1. The molecule has 1 aromatic heterocycles. The first-order chi connectivity index (χ1) is 9.43. The van der Waals surface area contributed by atoms with Crippen LogP contribution in [0.2, 0.25) is 0 Å². The van der Waals surface area contributed by atoms with Crippen molar-refractivity contribution < 1.29 is 8.42 Å². The van der Waals surface area contributed by atoms with Crippen LogP contribution in [0.3, 0.4) is 0 Å². The summed E-state index contributed by atoms with van der Waals surface area (Å²) in [6.45, 7) is 1.40. The molecular weight excluding hydrogens is 276 g/mol. The molecule has 1 atom stereocenters. The quantitative estimate of drug-likeness (QED) is 0.824. The second-order valence-corrected chi connectivity index (χ2v) is 7.07. The maximum Gasteiger partial charge on any atom is 0.211 e. The molecule has 6 nitrogen and oxygen atoms in total. The molecule has 0 radical (unpaired) electrons. The number of nitrogens with zero attached hydrogens (tertiary/aromatic N) is 4. The highest BCUT2D eigenvalue weighted by Gasteiger charge is 2.28. The summed E-state index contributed by atoms with van der Waals surface area (Å²) in [4.78, 5) is 6.11. The van der Waals surface area contributed by atoms with Crippen molar-refractivity contribution >= 4 is 15.7 Å². The van der Waals surface area contributed by atoms with Gasteiger partial charge < -0.3 is 4.90 Å². The summed E-state index contributed by atoms with van der Waals surface area (Å²) in [7, 11) is -1.59. The molecule has 1 fully saturated rings. The Hall–Kier alpha value is -1.65. The first kappa shape index (κ1) is 14.8. The van der Waals surface area contributed by atoms with Crippen molar-refractivity contribution in [2.45, 2.75) is 18.9 Å². The predicted molar refractivity (Wildman–Crippen MR) is 76.8 cm³/mol. The van der Waals surface area contributed by atoms with Crippen LogP contribution in [0.5, 0.6) is 0 Å². The third kappa shape index (κ3) is 3.08. The molecule has 2 rings (SSSR count). The standard InChI is InChI=1S/C13H18N4O2S/c1-16(20(2,18)19)12-4-3-7-17(10-12)13-9-15-6-5-11(13)8-14/h5-6,9,12H,3-4,7,10H2,1-2H3. The van der Waals surface area contributed by atoms with Crippen molar-refractivity contribution in [3.63, 3.8) is 0 Å². The van der Waals surface area contributed by atoms with Crippen LogP contribution in [0.15, 0.2) is 18.5 Å². The predicted octanol–water partition coefficient (Wildman–Crippen LogP) is 0.813. The molecular formula is C13H18N4O2S. The molecule has 108 valence electrons. The van der Waals surface area contributed by atoms with Crippen molar-refractivity contribution in [1.82, 2.24) is 9.29 Å². The smallest absolute Gasteiger partial charge is 0.211 e. The summed E-state index contributed by atoms with van der Waals surface area (Å²) in [5.41, 5.74) is 1.35. The van der Waals surface area contributed by atoms with Crippen LogP contribution >= 0.6 is 0 Å². The van der Waals surface area contributed by atoms with Gasteiger partial charge in [0.05, 0.1) is 23.7 Å². The van der Waals surface area contributed by atoms with Crippen molar-refractivity contribution in [1.29, 1.82) is 5.26 Å². The van der Waals surface area contributed by atoms with E-state index in [1.165, 1.54) is 10.6 Å². The van der Waals surface area contributed by atoms with E-state index < -0.39 is 10.0 Å². The summed E-state index contributed by atoms with van der Waals surface area (Å²) >= 11 is 0. The molecule has 1 aliphatic heterocycles. The number of pyridine rings is 1. The van der Waals surface area contributed by atoms with E-state index in [1.807, 2.05) is 4.90 Å². The molecule has 1 aliphatic rings. The molecule has 1 unspecified atom stereocenters.